The number of Topliss-reactive ketones (excluding diaryl/α,β-unsaturated/α-hetero) is 1. The molecule has 0 saturated heterocycles. The zero-order valence-corrected chi connectivity index (χ0v) is 13.1. The van der Waals surface area contributed by atoms with Gasteiger partial charge in [-0.1, -0.05) is 32.0 Å². The van der Waals surface area contributed by atoms with Crippen LogP contribution in [0.3, 0.4) is 0 Å². The van der Waals surface area contributed by atoms with Crippen LogP contribution < -0.4 is 10.9 Å². The van der Waals surface area contributed by atoms with Gasteiger partial charge in [-0.2, -0.15) is 0 Å². The lowest BCUT2D eigenvalue weighted by Gasteiger charge is -2.22. The second-order valence-electron chi connectivity index (χ2n) is 4.80. The third kappa shape index (κ3) is 4.96. The number of amides is 1. The predicted octanol–water partition coefficient (Wildman–Crippen LogP) is 1.47. The van der Waals surface area contributed by atoms with E-state index in [9.17, 15) is 14.4 Å². The third-order valence-corrected chi connectivity index (χ3v) is 3.27. The Bertz CT molecular complexity index is 516. The van der Waals surface area contributed by atoms with Crippen molar-refractivity contribution in [2.24, 2.45) is 5.92 Å². The minimum Gasteiger partial charge on any atom is -0.465 e. The Hall–Kier alpha value is -2.21. The van der Waals surface area contributed by atoms with Crippen molar-refractivity contribution in [3.63, 3.8) is 0 Å². The maximum absolute atomic E-state index is 12.0. The van der Waals surface area contributed by atoms with Crippen molar-refractivity contribution in [1.82, 2.24) is 10.9 Å². The molecule has 2 unspecified atom stereocenters. The zero-order valence-electron chi connectivity index (χ0n) is 13.1. The first-order valence-electron chi connectivity index (χ1n) is 7.31. The van der Waals surface area contributed by atoms with Gasteiger partial charge in [0.1, 0.15) is 11.8 Å². The second-order valence-corrected chi connectivity index (χ2v) is 4.80. The summed E-state index contributed by atoms with van der Waals surface area (Å²) in [6.07, 6.45) is 0.311. The van der Waals surface area contributed by atoms with Gasteiger partial charge in [-0.15, -0.1) is 0 Å². The molecule has 0 fully saturated rings. The molecule has 120 valence electrons. The van der Waals surface area contributed by atoms with Gasteiger partial charge >= 0.3 is 5.97 Å². The van der Waals surface area contributed by atoms with Crippen LogP contribution in [0.15, 0.2) is 30.3 Å². The molecule has 1 aromatic rings. The van der Waals surface area contributed by atoms with Gasteiger partial charge in [-0.25, -0.2) is 5.43 Å². The van der Waals surface area contributed by atoms with Crippen LogP contribution >= 0.6 is 0 Å². The SMILES string of the molecule is CCOC(=O)C(NNC(=O)c1ccccc1)C(C)C(=O)CC. The summed E-state index contributed by atoms with van der Waals surface area (Å²) in [6, 6.07) is 7.66. The molecule has 0 aliphatic heterocycles. The molecule has 6 heteroatoms. The Morgan fingerprint density at radius 2 is 1.77 bits per heavy atom. The van der Waals surface area contributed by atoms with Crippen molar-refractivity contribution in [3.8, 4) is 0 Å². The number of esters is 1. The maximum atomic E-state index is 12.0. The largest absolute Gasteiger partial charge is 0.465 e. The van der Waals surface area contributed by atoms with Gasteiger partial charge in [-0.05, 0) is 19.1 Å². The lowest BCUT2D eigenvalue weighted by atomic mass is 9.96. The van der Waals surface area contributed by atoms with Gasteiger partial charge < -0.3 is 4.74 Å². The first kappa shape index (κ1) is 17.8. The van der Waals surface area contributed by atoms with Crippen LogP contribution in [0.4, 0.5) is 0 Å². The van der Waals surface area contributed by atoms with Gasteiger partial charge in [0.2, 0.25) is 0 Å². The number of hydrazine groups is 1. The van der Waals surface area contributed by atoms with Crippen LogP contribution in [0.2, 0.25) is 0 Å². The summed E-state index contributed by atoms with van der Waals surface area (Å²) in [5, 5.41) is 0. The average molecular weight is 306 g/mol. The fourth-order valence-electron chi connectivity index (χ4n) is 1.93. The molecule has 1 rings (SSSR count). The molecule has 0 saturated carbocycles. The molecule has 0 aromatic heterocycles. The minimum absolute atomic E-state index is 0.0838. The molecule has 0 aliphatic carbocycles. The summed E-state index contributed by atoms with van der Waals surface area (Å²) in [7, 11) is 0. The molecule has 2 atom stereocenters. The van der Waals surface area contributed by atoms with Crippen LogP contribution in [-0.2, 0) is 14.3 Å². The standard InChI is InChI=1S/C16H22N2O4/c1-4-13(19)11(3)14(16(21)22-5-2)17-18-15(20)12-9-7-6-8-10-12/h6-11,14,17H,4-5H2,1-3H3,(H,18,20). The van der Waals surface area contributed by atoms with E-state index >= 15 is 0 Å². The molecule has 6 nitrogen and oxygen atoms in total. The number of rotatable bonds is 8. The molecule has 0 heterocycles. The van der Waals surface area contributed by atoms with E-state index in [4.69, 9.17) is 4.74 Å². The number of carbonyl (C=O) groups excluding carboxylic acids is 3. The number of nitrogens with one attached hydrogen (secondary N) is 2. The van der Waals surface area contributed by atoms with Gasteiger partial charge in [0.25, 0.3) is 5.91 Å². The minimum atomic E-state index is -0.917. The molecule has 1 aromatic carbocycles. The summed E-state index contributed by atoms with van der Waals surface area (Å²) in [6.45, 7) is 5.25. The quantitative estimate of drug-likeness (QED) is 0.561. The van der Waals surface area contributed by atoms with Gasteiger partial charge in [-0.3, -0.25) is 19.8 Å². The van der Waals surface area contributed by atoms with Crippen molar-refractivity contribution in [3.05, 3.63) is 35.9 Å². The van der Waals surface area contributed by atoms with Crippen molar-refractivity contribution < 1.29 is 19.1 Å². The van der Waals surface area contributed by atoms with Crippen molar-refractivity contribution in [2.45, 2.75) is 33.2 Å². The van der Waals surface area contributed by atoms with E-state index < -0.39 is 17.9 Å². The monoisotopic (exact) mass is 306 g/mol. The summed E-state index contributed by atoms with van der Waals surface area (Å²) >= 11 is 0. The van der Waals surface area contributed by atoms with Gasteiger partial charge in [0, 0.05) is 17.9 Å². The third-order valence-electron chi connectivity index (χ3n) is 3.27. The van der Waals surface area contributed by atoms with Crippen molar-refractivity contribution >= 4 is 17.7 Å². The van der Waals surface area contributed by atoms with Crippen LogP contribution in [0.5, 0.6) is 0 Å². The number of benzene rings is 1. The Morgan fingerprint density at radius 1 is 1.14 bits per heavy atom. The highest BCUT2D eigenvalue weighted by molar-refractivity contribution is 5.94. The topological polar surface area (TPSA) is 84.5 Å². The number of ether oxygens (including phenoxy) is 1. The Labute approximate surface area is 130 Å². The first-order valence-corrected chi connectivity index (χ1v) is 7.31. The lowest BCUT2D eigenvalue weighted by Crippen LogP contribution is -2.53. The normalized spacial score (nSPS) is 13.0. The van der Waals surface area contributed by atoms with Crippen LogP contribution in [-0.4, -0.2) is 30.3 Å². The van der Waals surface area contributed by atoms with Crippen molar-refractivity contribution in [1.29, 1.82) is 0 Å². The van der Waals surface area contributed by atoms with E-state index in [1.54, 1.807) is 51.1 Å². The van der Waals surface area contributed by atoms with E-state index in [0.29, 0.717) is 12.0 Å². The smallest absolute Gasteiger partial charge is 0.325 e. The summed E-state index contributed by atoms with van der Waals surface area (Å²) in [5.74, 6) is -1.63. The molecule has 0 spiro atoms. The first-order chi connectivity index (χ1) is 10.5. The second kappa shape index (κ2) is 8.94. The highest BCUT2D eigenvalue weighted by atomic mass is 16.5. The molecular formula is C16H22N2O4. The summed E-state index contributed by atoms with van der Waals surface area (Å²) in [5.41, 5.74) is 5.53. The van der Waals surface area contributed by atoms with E-state index in [1.807, 2.05) is 0 Å². The van der Waals surface area contributed by atoms with Crippen LogP contribution in [0.25, 0.3) is 0 Å². The number of carbonyl (C=O) groups is 3. The van der Waals surface area contributed by atoms with E-state index in [-0.39, 0.29) is 18.3 Å². The highest BCUT2D eigenvalue weighted by Crippen LogP contribution is 2.09. The zero-order chi connectivity index (χ0) is 16.5. The van der Waals surface area contributed by atoms with Gasteiger partial charge in [0.15, 0.2) is 0 Å². The number of hydrogen-bond donors (Lipinski definition) is 2. The Balaban J connectivity index is 2.74. The molecule has 2 N–H and O–H groups in total. The fraction of sp³-hybridized carbons (Fsp3) is 0.438. The van der Waals surface area contributed by atoms with E-state index in [2.05, 4.69) is 10.9 Å². The van der Waals surface area contributed by atoms with Crippen molar-refractivity contribution in [2.75, 3.05) is 6.61 Å². The molecule has 0 bridgehead atoms. The van der Waals surface area contributed by atoms with Crippen LogP contribution in [0.1, 0.15) is 37.6 Å². The summed E-state index contributed by atoms with van der Waals surface area (Å²) < 4.78 is 4.95. The number of ketones is 1. The highest BCUT2D eigenvalue weighted by Gasteiger charge is 2.30. The van der Waals surface area contributed by atoms with E-state index in [0.717, 1.165) is 0 Å². The fourth-order valence-corrected chi connectivity index (χ4v) is 1.93. The van der Waals surface area contributed by atoms with Gasteiger partial charge in [0.05, 0.1) is 6.61 Å². The average Bonchev–Trinajstić information content (AvgIpc) is 2.54. The molecule has 0 radical (unpaired) electrons. The molecule has 1 amide bonds. The summed E-state index contributed by atoms with van der Waals surface area (Å²) in [4.78, 5) is 35.8. The predicted molar refractivity (Wildman–Crippen MR) is 81.9 cm³/mol. The van der Waals surface area contributed by atoms with Crippen LogP contribution in [0, 0.1) is 5.92 Å². The van der Waals surface area contributed by atoms with E-state index in [1.165, 1.54) is 0 Å². The maximum Gasteiger partial charge on any atom is 0.325 e. The molecule has 22 heavy (non-hydrogen) atoms. The number of hydrogen-bond acceptors (Lipinski definition) is 5. The Kier molecular flexibility index (Phi) is 7.25. The molecule has 0 aliphatic rings. The lowest BCUT2D eigenvalue weighted by molar-refractivity contribution is -0.149. The molecular weight excluding hydrogens is 284 g/mol. The Morgan fingerprint density at radius 3 is 2.32 bits per heavy atom.